The second kappa shape index (κ2) is 32.8. The van der Waals surface area contributed by atoms with Gasteiger partial charge in [0.2, 0.25) is 0 Å². The molecule has 42 heavy (non-hydrogen) atoms. The second-order valence-corrected chi connectivity index (χ2v) is 13.3. The maximum absolute atomic E-state index is 11.8. The Balaban J connectivity index is 3.98. The van der Waals surface area contributed by atoms with Crippen LogP contribution in [0.2, 0.25) is 0 Å². The zero-order valence-corrected chi connectivity index (χ0v) is 29.0. The summed E-state index contributed by atoms with van der Waals surface area (Å²) >= 11 is 0. The van der Waals surface area contributed by atoms with Crippen LogP contribution >= 0.6 is 0 Å². The predicted molar refractivity (Wildman–Crippen MR) is 187 cm³/mol. The number of ether oxygens (including phenoxy) is 1. The van der Waals surface area contributed by atoms with Crippen molar-refractivity contribution >= 4 is 11.7 Å². The minimum atomic E-state index is -0.298. The molecular formula is C39H75NO2. The van der Waals surface area contributed by atoms with E-state index in [-0.39, 0.29) is 11.9 Å². The Morgan fingerprint density at radius 2 is 0.881 bits per heavy atom. The van der Waals surface area contributed by atoms with Gasteiger partial charge < -0.3 is 10.1 Å². The zero-order valence-electron chi connectivity index (χ0n) is 29.0. The number of nitrogens with one attached hydrogen (secondary N) is 1. The van der Waals surface area contributed by atoms with Crippen molar-refractivity contribution in [3.63, 3.8) is 0 Å². The SMILES string of the molecule is C=C(C)C(=O)OCCC(CCCCCCCCCCCCCCC)C(=N)CCCCCCCCCCCCCCCC. The van der Waals surface area contributed by atoms with Crippen molar-refractivity contribution in [3.8, 4) is 0 Å². The Bertz CT molecular complexity index is 614. The van der Waals surface area contributed by atoms with Gasteiger partial charge in [0.25, 0.3) is 0 Å². The fraction of sp³-hybridized carbons (Fsp3) is 0.897. The lowest BCUT2D eigenvalue weighted by atomic mass is 9.90. The summed E-state index contributed by atoms with van der Waals surface area (Å²) in [5, 5.41) is 8.79. The normalized spacial score (nSPS) is 12.0. The van der Waals surface area contributed by atoms with E-state index in [1.54, 1.807) is 6.92 Å². The van der Waals surface area contributed by atoms with Crippen LogP contribution in [0.4, 0.5) is 0 Å². The molecule has 0 aromatic rings. The summed E-state index contributed by atoms with van der Waals surface area (Å²) in [6, 6.07) is 0. The lowest BCUT2D eigenvalue weighted by molar-refractivity contribution is -0.139. The number of esters is 1. The van der Waals surface area contributed by atoms with E-state index in [1.165, 1.54) is 167 Å². The molecule has 3 heteroatoms. The van der Waals surface area contributed by atoms with E-state index in [0.717, 1.165) is 31.4 Å². The Hall–Kier alpha value is -1.12. The molecule has 1 N–H and O–H groups in total. The summed E-state index contributed by atoms with van der Waals surface area (Å²) in [6.45, 7) is 10.4. The summed E-state index contributed by atoms with van der Waals surface area (Å²) < 4.78 is 5.39. The molecule has 0 aromatic carbocycles. The maximum atomic E-state index is 11.8. The van der Waals surface area contributed by atoms with Crippen LogP contribution < -0.4 is 0 Å². The topological polar surface area (TPSA) is 50.2 Å². The number of rotatable bonds is 34. The molecule has 0 fully saturated rings. The van der Waals surface area contributed by atoms with Crippen LogP contribution in [0.3, 0.4) is 0 Å². The van der Waals surface area contributed by atoms with Crippen LogP contribution in [0, 0.1) is 11.3 Å². The maximum Gasteiger partial charge on any atom is 0.333 e. The summed E-state index contributed by atoms with van der Waals surface area (Å²) in [5.41, 5.74) is 1.35. The van der Waals surface area contributed by atoms with Crippen LogP contribution in [0.15, 0.2) is 12.2 Å². The van der Waals surface area contributed by atoms with E-state index in [4.69, 9.17) is 10.1 Å². The average molecular weight is 590 g/mol. The van der Waals surface area contributed by atoms with Gasteiger partial charge in [0.1, 0.15) is 0 Å². The Labute approximate surface area is 264 Å². The molecule has 0 aliphatic heterocycles. The lowest BCUT2D eigenvalue weighted by Crippen LogP contribution is -2.18. The van der Waals surface area contributed by atoms with Gasteiger partial charge in [-0.15, -0.1) is 0 Å². The Morgan fingerprint density at radius 1 is 0.548 bits per heavy atom. The van der Waals surface area contributed by atoms with Gasteiger partial charge in [0, 0.05) is 11.3 Å². The first-order valence-corrected chi connectivity index (χ1v) is 18.9. The third kappa shape index (κ3) is 29.0. The van der Waals surface area contributed by atoms with Crippen molar-refractivity contribution in [1.82, 2.24) is 0 Å². The van der Waals surface area contributed by atoms with Crippen LogP contribution in [0.25, 0.3) is 0 Å². The van der Waals surface area contributed by atoms with Gasteiger partial charge >= 0.3 is 5.97 Å². The molecule has 1 unspecified atom stereocenters. The quantitative estimate of drug-likeness (QED) is 0.0351. The summed E-state index contributed by atoms with van der Waals surface area (Å²) in [7, 11) is 0. The van der Waals surface area contributed by atoms with E-state index in [2.05, 4.69) is 20.4 Å². The number of carbonyl (C=O) groups is 1. The molecule has 1 atom stereocenters. The molecule has 3 nitrogen and oxygen atoms in total. The minimum absolute atomic E-state index is 0.262. The summed E-state index contributed by atoms with van der Waals surface area (Å²) in [5.74, 6) is -0.0363. The number of hydrogen-bond acceptors (Lipinski definition) is 3. The molecule has 0 saturated carbocycles. The van der Waals surface area contributed by atoms with Crippen LogP contribution in [-0.2, 0) is 9.53 Å². The third-order valence-corrected chi connectivity index (χ3v) is 9.00. The Morgan fingerprint density at radius 3 is 1.24 bits per heavy atom. The molecule has 0 heterocycles. The minimum Gasteiger partial charge on any atom is -0.462 e. The van der Waals surface area contributed by atoms with Gasteiger partial charge in [-0.3, -0.25) is 0 Å². The smallest absolute Gasteiger partial charge is 0.333 e. The van der Waals surface area contributed by atoms with Gasteiger partial charge in [-0.1, -0.05) is 187 Å². The molecule has 0 bridgehead atoms. The highest BCUT2D eigenvalue weighted by Crippen LogP contribution is 2.21. The molecular weight excluding hydrogens is 514 g/mol. The lowest BCUT2D eigenvalue weighted by Gasteiger charge is -2.18. The van der Waals surface area contributed by atoms with Gasteiger partial charge in [0.05, 0.1) is 6.61 Å². The van der Waals surface area contributed by atoms with Crippen LogP contribution in [0.1, 0.15) is 213 Å². The molecule has 0 aromatic heterocycles. The fourth-order valence-electron chi connectivity index (χ4n) is 6.03. The molecule has 0 spiro atoms. The van der Waals surface area contributed by atoms with Crippen molar-refractivity contribution in [2.24, 2.45) is 5.92 Å². The number of unbranched alkanes of at least 4 members (excludes halogenated alkanes) is 25. The highest BCUT2D eigenvalue weighted by atomic mass is 16.5. The number of carbonyl (C=O) groups excluding carboxylic acids is 1. The van der Waals surface area contributed by atoms with E-state index in [0.29, 0.717) is 12.2 Å². The molecule has 0 saturated heterocycles. The fourth-order valence-corrected chi connectivity index (χ4v) is 6.03. The van der Waals surface area contributed by atoms with Gasteiger partial charge in [-0.2, -0.15) is 0 Å². The third-order valence-electron chi connectivity index (χ3n) is 9.00. The van der Waals surface area contributed by atoms with Crippen molar-refractivity contribution in [2.45, 2.75) is 213 Å². The van der Waals surface area contributed by atoms with Crippen LogP contribution in [0.5, 0.6) is 0 Å². The summed E-state index contributed by atoms with van der Waals surface area (Å²) in [6.07, 6.45) is 39.6. The van der Waals surface area contributed by atoms with E-state index in [9.17, 15) is 4.79 Å². The van der Waals surface area contributed by atoms with Crippen molar-refractivity contribution in [2.75, 3.05) is 6.61 Å². The molecule has 0 aliphatic rings. The van der Waals surface area contributed by atoms with E-state index in [1.807, 2.05) is 0 Å². The standard InChI is InChI=1S/C39H75NO2/c1-5-7-9-11-13-15-17-19-21-23-25-27-29-31-33-38(40)37(34-35-42-39(41)36(3)4)32-30-28-26-24-22-20-18-16-14-12-10-8-6-2/h37,40H,3,5-35H2,1-2,4H3. The molecule has 0 amide bonds. The first kappa shape index (κ1) is 40.9. The summed E-state index contributed by atoms with van der Waals surface area (Å²) in [4.78, 5) is 11.8. The largest absolute Gasteiger partial charge is 0.462 e. The van der Waals surface area contributed by atoms with E-state index < -0.39 is 0 Å². The predicted octanol–water partition coefficient (Wildman–Crippen LogP) is 13.5. The van der Waals surface area contributed by atoms with Crippen LogP contribution in [-0.4, -0.2) is 18.3 Å². The van der Waals surface area contributed by atoms with Crippen molar-refractivity contribution < 1.29 is 9.53 Å². The van der Waals surface area contributed by atoms with Crippen molar-refractivity contribution in [1.29, 1.82) is 5.41 Å². The number of hydrogen-bond donors (Lipinski definition) is 1. The highest BCUT2D eigenvalue weighted by molar-refractivity contribution is 5.87. The zero-order chi connectivity index (χ0) is 30.9. The first-order chi connectivity index (χ1) is 20.5. The molecule has 248 valence electrons. The second-order valence-electron chi connectivity index (χ2n) is 13.3. The van der Waals surface area contributed by atoms with Gasteiger partial charge in [0.15, 0.2) is 0 Å². The monoisotopic (exact) mass is 590 g/mol. The Kier molecular flexibility index (Phi) is 31.9. The molecule has 0 aliphatic carbocycles. The average Bonchev–Trinajstić information content (AvgIpc) is 2.98. The van der Waals surface area contributed by atoms with Gasteiger partial charge in [-0.25, -0.2) is 4.79 Å². The molecule has 0 radical (unpaired) electrons. The van der Waals surface area contributed by atoms with E-state index >= 15 is 0 Å². The van der Waals surface area contributed by atoms with Gasteiger partial charge in [-0.05, 0) is 38.5 Å². The van der Waals surface area contributed by atoms with Crippen molar-refractivity contribution in [3.05, 3.63) is 12.2 Å². The molecule has 0 rings (SSSR count). The first-order valence-electron chi connectivity index (χ1n) is 18.9. The highest BCUT2D eigenvalue weighted by Gasteiger charge is 2.16.